The lowest BCUT2D eigenvalue weighted by molar-refractivity contribution is -0.436. The molecule has 0 saturated heterocycles. The van der Waals surface area contributed by atoms with E-state index in [0.717, 1.165) is 22.8 Å². The van der Waals surface area contributed by atoms with Crippen LogP contribution in [0.15, 0.2) is 96.7 Å². The number of carbonyl (C=O) groups excluding carboxylic acids is 1. The van der Waals surface area contributed by atoms with E-state index in [9.17, 15) is 14.7 Å². The van der Waals surface area contributed by atoms with E-state index < -0.39 is 5.97 Å². The molecule has 0 amide bonds. The largest absolute Gasteiger partial charge is 0.481 e. The maximum Gasteiger partial charge on any atom is 0.309 e. The molecule has 0 spiro atoms. The van der Waals surface area contributed by atoms with Crippen LogP contribution in [0.1, 0.15) is 45.2 Å². The van der Waals surface area contributed by atoms with Gasteiger partial charge in [-0.2, -0.15) is 4.58 Å². The second-order valence-electron chi connectivity index (χ2n) is 12.3. The van der Waals surface area contributed by atoms with E-state index >= 15 is 0 Å². The van der Waals surface area contributed by atoms with Gasteiger partial charge in [0.25, 0.3) is 6.47 Å². The fraction of sp³-hybridized carbons (Fsp3) is 0.270. The van der Waals surface area contributed by atoms with Crippen LogP contribution in [0.5, 0.6) is 0 Å². The number of nitrogens with zero attached hydrogens (tertiary/aromatic N) is 2. The molecule has 0 aliphatic carbocycles. The molecular weight excluding hydrogens is 536 g/mol. The molecule has 0 aromatic heterocycles. The Balaban J connectivity index is 1.46. The van der Waals surface area contributed by atoms with Crippen molar-refractivity contribution in [2.24, 2.45) is 0 Å². The molecule has 0 fully saturated rings. The van der Waals surface area contributed by atoms with Gasteiger partial charge in [0.15, 0.2) is 12.3 Å². The maximum absolute atomic E-state index is 11.7. The molecule has 2 aliphatic heterocycles. The van der Waals surface area contributed by atoms with Crippen molar-refractivity contribution >= 4 is 51.1 Å². The summed E-state index contributed by atoms with van der Waals surface area (Å²) in [6, 6.07) is 25.4. The zero-order valence-corrected chi connectivity index (χ0v) is 25.1. The molecule has 4 aromatic rings. The first-order valence-corrected chi connectivity index (χ1v) is 14.8. The third-order valence-corrected chi connectivity index (χ3v) is 9.07. The first-order chi connectivity index (χ1) is 20.7. The van der Waals surface area contributed by atoms with Crippen LogP contribution in [0.3, 0.4) is 0 Å². The Hall–Kier alpha value is -4.71. The molecule has 2 heterocycles. The zero-order valence-electron chi connectivity index (χ0n) is 25.1. The minimum atomic E-state index is -0.816. The summed E-state index contributed by atoms with van der Waals surface area (Å²) in [5, 5.41) is 14.3. The summed E-state index contributed by atoms with van der Waals surface area (Å²) in [6.07, 6.45) is 6.44. The number of anilines is 1. The number of rotatable bonds is 9. The van der Waals surface area contributed by atoms with Gasteiger partial charge >= 0.3 is 5.97 Å². The summed E-state index contributed by atoms with van der Waals surface area (Å²) in [6.45, 7) is 10.6. The molecule has 0 bridgehead atoms. The number of carbonyl (C=O) groups is 2. The summed E-state index contributed by atoms with van der Waals surface area (Å²) in [5.41, 5.74) is 6.18. The lowest BCUT2D eigenvalue weighted by Crippen LogP contribution is -2.29. The van der Waals surface area contributed by atoms with Crippen molar-refractivity contribution < 1.29 is 24.0 Å². The third-order valence-electron chi connectivity index (χ3n) is 9.07. The van der Waals surface area contributed by atoms with E-state index in [4.69, 9.17) is 4.74 Å². The first kappa shape index (κ1) is 28.4. The molecule has 6 heteroatoms. The summed E-state index contributed by atoms with van der Waals surface area (Å²) >= 11 is 0. The number of hydrogen-bond donors (Lipinski definition) is 1. The van der Waals surface area contributed by atoms with Crippen LogP contribution in [0, 0.1) is 0 Å². The maximum atomic E-state index is 11.7. The quantitative estimate of drug-likeness (QED) is 0.130. The van der Waals surface area contributed by atoms with Crippen molar-refractivity contribution in [3.63, 3.8) is 0 Å². The van der Waals surface area contributed by atoms with Crippen molar-refractivity contribution in [2.75, 3.05) is 24.6 Å². The van der Waals surface area contributed by atoms with E-state index in [-0.39, 0.29) is 23.9 Å². The fourth-order valence-corrected chi connectivity index (χ4v) is 7.18. The number of fused-ring (bicyclic) bond motifs is 6. The highest BCUT2D eigenvalue weighted by Gasteiger charge is 2.46. The van der Waals surface area contributed by atoms with Gasteiger partial charge in [0.05, 0.1) is 12.0 Å². The van der Waals surface area contributed by atoms with Crippen LogP contribution < -0.4 is 4.90 Å². The molecular formula is C37H37N2O4+. The van der Waals surface area contributed by atoms with Gasteiger partial charge in [0.1, 0.15) is 13.0 Å². The standard InChI is InChI=1S/C37H36N2O4/c1-36(2)31(38(21-20-33(41)42)29-18-16-25-10-5-7-12-27(25)34(29)36)14-9-15-32-37(3,4)35-28-13-8-6-11-26(28)17-19-30(35)39(32)22-23-43-24-40/h5-19,24H,20-23H2,1-4H3/p+1. The van der Waals surface area contributed by atoms with Gasteiger partial charge in [-0.3, -0.25) is 9.59 Å². The van der Waals surface area contributed by atoms with Gasteiger partial charge in [0.2, 0.25) is 5.69 Å². The Morgan fingerprint density at radius 1 is 0.884 bits per heavy atom. The smallest absolute Gasteiger partial charge is 0.309 e. The monoisotopic (exact) mass is 573 g/mol. The van der Waals surface area contributed by atoms with Crippen LogP contribution in [0.25, 0.3) is 21.5 Å². The predicted molar refractivity (Wildman–Crippen MR) is 173 cm³/mol. The van der Waals surface area contributed by atoms with Crippen LogP contribution in [0.4, 0.5) is 11.4 Å². The molecule has 218 valence electrons. The number of carboxylic acid groups (broad SMARTS) is 1. The number of carboxylic acids is 1. The molecule has 1 N–H and O–H groups in total. The Bertz CT molecular complexity index is 1860. The van der Waals surface area contributed by atoms with Gasteiger partial charge in [-0.25, -0.2) is 0 Å². The van der Waals surface area contributed by atoms with Crippen molar-refractivity contribution in [1.82, 2.24) is 0 Å². The predicted octanol–water partition coefficient (Wildman–Crippen LogP) is 7.25. The minimum absolute atomic E-state index is 0.0424. The van der Waals surface area contributed by atoms with E-state index in [1.54, 1.807) is 0 Å². The summed E-state index contributed by atoms with van der Waals surface area (Å²) in [7, 11) is 0. The van der Waals surface area contributed by atoms with Gasteiger partial charge in [-0.1, -0.05) is 74.5 Å². The van der Waals surface area contributed by atoms with Crippen LogP contribution in [0.2, 0.25) is 0 Å². The molecule has 43 heavy (non-hydrogen) atoms. The highest BCUT2D eigenvalue weighted by Crippen LogP contribution is 2.51. The van der Waals surface area contributed by atoms with Crippen molar-refractivity contribution in [2.45, 2.75) is 44.9 Å². The zero-order chi connectivity index (χ0) is 30.4. The number of aliphatic carboxylic acids is 1. The minimum Gasteiger partial charge on any atom is -0.481 e. The van der Waals surface area contributed by atoms with Crippen LogP contribution in [-0.2, 0) is 25.2 Å². The van der Waals surface area contributed by atoms with Crippen molar-refractivity contribution in [1.29, 1.82) is 0 Å². The van der Waals surface area contributed by atoms with E-state index in [1.807, 2.05) is 6.07 Å². The lowest BCUT2D eigenvalue weighted by Gasteiger charge is -2.26. The van der Waals surface area contributed by atoms with E-state index in [0.29, 0.717) is 19.6 Å². The van der Waals surface area contributed by atoms with E-state index in [2.05, 4.69) is 122 Å². The topological polar surface area (TPSA) is 69.8 Å². The van der Waals surface area contributed by atoms with Gasteiger partial charge in [-0.05, 0) is 59.2 Å². The third kappa shape index (κ3) is 4.71. The molecule has 0 unspecified atom stereocenters. The second-order valence-corrected chi connectivity index (χ2v) is 12.3. The highest BCUT2D eigenvalue weighted by molar-refractivity contribution is 6.07. The molecule has 4 aromatic carbocycles. The SMILES string of the molecule is CC1(C)C(/C=C/C=C2/N(CCOC=O)c3ccc4ccccc4c3C2(C)C)=[N+](CCC(=O)O)c2ccc3ccccc3c21. The number of allylic oxidation sites excluding steroid dienone is 4. The molecule has 6 nitrogen and oxygen atoms in total. The normalized spacial score (nSPS) is 17.7. The summed E-state index contributed by atoms with van der Waals surface area (Å²) in [5.74, 6) is -0.816. The second kappa shape index (κ2) is 10.8. The Labute approximate surface area is 252 Å². The lowest BCUT2D eigenvalue weighted by atomic mass is 9.79. The molecule has 6 rings (SSSR count). The van der Waals surface area contributed by atoms with Gasteiger partial charge in [0, 0.05) is 34.5 Å². The Morgan fingerprint density at radius 3 is 2.21 bits per heavy atom. The highest BCUT2D eigenvalue weighted by atomic mass is 16.5. The summed E-state index contributed by atoms with van der Waals surface area (Å²) < 4.78 is 7.30. The summed E-state index contributed by atoms with van der Waals surface area (Å²) in [4.78, 5) is 24.9. The van der Waals surface area contributed by atoms with Crippen molar-refractivity contribution in [3.05, 3.63) is 108 Å². The van der Waals surface area contributed by atoms with Crippen LogP contribution in [-0.4, -0.2) is 47.5 Å². The average Bonchev–Trinajstić information content (AvgIpc) is 3.35. The van der Waals surface area contributed by atoms with Gasteiger partial charge in [-0.15, -0.1) is 0 Å². The van der Waals surface area contributed by atoms with Gasteiger partial charge < -0.3 is 14.7 Å². The molecule has 2 aliphatic rings. The molecule has 0 atom stereocenters. The Kier molecular flexibility index (Phi) is 7.17. The first-order valence-electron chi connectivity index (χ1n) is 14.8. The molecule has 0 radical (unpaired) electrons. The van der Waals surface area contributed by atoms with E-state index in [1.165, 1.54) is 32.7 Å². The number of benzene rings is 4. The van der Waals surface area contributed by atoms with Crippen LogP contribution >= 0.6 is 0 Å². The number of ether oxygens (including phenoxy) is 1. The Morgan fingerprint density at radius 2 is 1.53 bits per heavy atom. The number of hydrogen-bond acceptors (Lipinski definition) is 4. The molecule has 0 saturated carbocycles. The average molecular weight is 574 g/mol. The fourth-order valence-electron chi connectivity index (χ4n) is 7.18. The van der Waals surface area contributed by atoms with Crippen molar-refractivity contribution in [3.8, 4) is 0 Å².